The molecule has 0 unspecified atom stereocenters. The lowest BCUT2D eigenvalue weighted by atomic mass is 9.84. The molecule has 324 valence electrons. The van der Waals surface area contributed by atoms with E-state index < -0.39 is 91.7 Å². The molecule has 2 aliphatic heterocycles. The van der Waals surface area contributed by atoms with Crippen LogP contribution in [0.3, 0.4) is 0 Å². The van der Waals surface area contributed by atoms with Gasteiger partial charge in [0.05, 0.1) is 35.7 Å². The molecule has 1 aromatic carbocycles. The lowest BCUT2D eigenvalue weighted by Gasteiger charge is -2.47. The Morgan fingerprint density at radius 3 is 2.39 bits per heavy atom. The standard InChI is InChI=1S/C40H54F2N6O10S/c1-23-11-7-8-12-25-21-40(25,36(52)45-59(55,56)27-15-16-27)43-32(49)30-20-26(58-33-28-13-9-10-14-29(28)34(50)47(44-33)17-18-57-6)22-46(30)35(51)31(24(2)19-23)48(37(53)54)38(3,4)39(5,41)42/h8-10,12-14,23-27,30-31H,7,11,15-22H2,1-6H3,(H,43,49)(H,45,52)(H,53,54)/b12-8-/t23-,24+,25+,26+,30-,31-,40+/m0/s1. The molecule has 0 bridgehead atoms. The van der Waals surface area contributed by atoms with Crippen LogP contribution in [0.1, 0.15) is 79.6 Å². The number of carboxylic acid groups (broad SMARTS) is 1. The summed E-state index contributed by atoms with van der Waals surface area (Å²) in [5.41, 5.74) is -4.49. The van der Waals surface area contributed by atoms with E-state index >= 15 is 13.6 Å². The first-order chi connectivity index (χ1) is 27.6. The lowest BCUT2D eigenvalue weighted by Crippen LogP contribution is -2.66. The van der Waals surface area contributed by atoms with E-state index in [1.54, 1.807) is 37.3 Å². The van der Waals surface area contributed by atoms with Crippen LogP contribution in [0.5, 0.6) is 5.88 Å². The summed E-state index contributed by atoms with van der Waals surface area (Å²) in [6.45, 7) is 6.10. The summed E-state index contributed by atoms with van der Waals surface area (Å²) in [5, 5.41) is 17.7. The third-order valence-electron chi connectivity index (χ3n) is 12.4. The smallest absolute Gasteiger partial charge is 0.408 e. The predicted octanol–water partition coefficient (Wildman–Crippen LogP) is 3.67. The molecule has 2 saturated carbocycles. The Morgan fingerprint density at radius 1 is 1.08 bits per heavy atom. The molecule has 3 heterocycles. The van der Waals surface area contributed by atoms with Crippen LogP contribution in [0.4, 0.5) is 13.6 Å². The summed E-state index contributed by atoms with van der Waals surface area (Å²) in [5.74, 6) is -7.82. The summed E-state index contributed by atoms with van der Waals surface area (Å²) >= 11 is 0. The van der Waals surface area contributed by atoms with Gasteiger partial charge in [0.2, 0.25) is 27.7 Å². The second kappa shape index (κ2) is 16.4. The van der Waals surface area contributed by atoms with Gasteiger partial charge in [0.15, 0.2) is 0 Å². The molecule has 0 radical (unpaired) electrons. The minimum Gasteiger partial charge on any atom is -0.471 e. The Labute approximate surface area is 341 Å². The van der Waals surface area contributed by atoms with Gasteiger partial charge in [-0.1, -0.05) is 38.1 Å². The zero-order valence-corrected chi connectivity index (χ0v) is 35.0. The number of nitrogens with one attached hydrogen (secondary N) is 2. The van der Waals surface area contributed by atoms with Crippen LogP contribution in [-0.2, 0) is 35.7 Å². The minimum absolute atomic E-state index is 0.00286. The first-order valence-electron chi connectivity index (χ1n) is 20.0. The van der Waals surface area contributed by atoms with E-state index in [9.17, 15) is 32.7 Å². The average Bonchev–Trinajstić information content (AvgIpc) is 4.08. The van der Waals surface area contributed by atoms with Crippen molar-refractivity contribution in [3.05, 3.63) is 46.8 Å². The van der Waals surface area contributed by atoms with E-state index in [0.717, 1.165) is 18.7 Å². The SMILES string of the molecule is COCCn1nc(O[C@@H]2C[C@H]3C(=O)N[C@]4(C(=O)NS(=O)(=O)C5CC5)C[C@H]4/C=C\CC[C@H](C)C[C@@H](C)[C@H](N(C(=O)O)C(C)(C)C(C)(F)F)C(=O)N3C2)c2ccccc2c1=O. The van der Waals surface area contributed by atoms with Gasteiger partial charge in [-0.15, -0.1) is 5.10 Å². The van der Waals surface area contributed by atoms with Crippen molar-refractivity contribution in [2.45, 2.75) is 127 Å². The number of sulfonamides is 1. The minimum atomic E-state index is -4.02. The number of nitrogens with zero attached hydrogens (tertiary/aromatic N) is 4. The summed E-state index contributed by atoms with van der Waals surface area (Å²) in [6, 6.07) is 3.43. The van der Waals surface area contributed by atoms with Crippen molar-refractivity contribution in [3.63, 3.8) is 0 Å². The molecule has 2 aromatic rings. The van der Waals surface area contributed by atoms with E-state index in [2.05, 4.69) is 15.1 Å². The van der Waals surface area contributed by atoms with Crippen molar-refractivity contribution >= 4 is 44.6 Å². The molecule has 19 heteroatoms. The van der Waals surface area contributed by atoms with Crippen molar-refractivity contribution < 1.29 is 51.0 Å². The van der Waals surface area contributed by atoms with Gasteiger partial charge in [0.25, 0.3) is 17.4 Å². The molecule has 3 fully saturated rings. The highest BCUT2D eigenvalue weighted by molar-refractivity contribution is 7.91. The van der Waals surface area contributed by atoms with Crippen LogP contribution >= 0.6 is 0 Å². The zero-order valence-electron chi connectivity index (χ0n) is 34.2. The Balaban J connectivity index is 1.44. The van der Waals surface area contributed by atoms with Crippen LogP contribution in [0.2, 0.25) is 0 Å². The van der Waals surface area contributed by atoms with E-state index in [1.165, 1.54) is 11.8 Å². The number of aromatic nitrogens is 2. The molecular formula is C40H54F2N6O10S. The number of carbonyl (C=O) groups is 4. The normalized spacial score (nSPS) is 28.7. The fourth-order valence-electron chi connectivity index (χ4n) is 8.34. The largest absolute Gasteiger partial charge is 0.471 e. The third-order valence-corrected chi connectivity index (χ3v) is 14.2. The van der Waals surface area contributed by atoms with Crippen molar-refractivity contribution in [1.82, 2.24) is 29.6 Å². The number of hydrogen-bond acceptors (Lipinski definition) is 10. The quantitative estimate of drug-likeness (QED) is 0.278. The lowest BCUT2D eigenvalue weighted by molar-refractivity contribution is -0.156. The highest BCUT2D eigenvalue weighted by Gasteiger charge is 2.62. The van der Waals surface area contributed by atoms with Crippen molar-refractivity contribution in [1.29, 1.82) is 0 Å². The maximum absolute atomic E-state index is 15.4. The Hall–Kier alpha value is -4.65. The number of ether oxygens (including phenoxy) is 2. The topological polar surface area (TPSA) is 207 Å². The number of hydrogen-bond donors (Lipinski definition) is 3. The molecular weight excluding hydrogens is 795 g/mol. The molecule has 59 heavy (non-hydrogen) atoms. The van der Waals surface area contributed by atoms with Gasteiger partial charge in [-0.3, -0.25) is 28.8 Å². The van der Waals surface area contributed by atoms with Crippen molar-refractivity contribution in [2.75, 3.05) is 20.3 Å². The number of fused-ring (bicyclic) bond motifs is 3. The second-order valence-corrected chi connectivity index (χ2v) is 19.1. The van der Waals surface area contributed by atoms with Gasteiger partial charge in [0.1, 0.15) is 29.3 Å². The van der Waals surface area contributed by atoms with Gasteiger partial charge in [-0.25, -0.2) is 26.7 Å². The predicted molar refractivity (Wildman–Crippen MR) is 211 cm³/mol. The summed E-state index contributed by atoms with van der Waals surface area (Å²) in [6.07, 6.45) is 2.80. The van der Waals surface area contributed by atoms with E-state index in [1.807, 2.05) is 13.0 Å². The number of benzene rings is 1. The van der Waals surface area contributed by atoms with E-state index in [4.69, 9.17) is 9.47 Å². The molecule has 6 rings (SSSR count). The molecule has 3 N–H and O–H groups in total. The zero-order chi connectivity index (χ0) is 43.2. The molecule has 4 amide bonds. The highest BCUT2D eigenvalue weighted by atomic mass is 32.2. The summed E-state index contributed by atoms with van der Waals surface area (Å²) in [4.78, 5) is 71.6. The maximum Gasteiger partial charge on any atom is 0.408 e. The molecule has 16 nitrogen and oxygen atoms in total. The molecule has 2 aliphatic carbocycles. The monoisotopic (exact) mass is 848 g/mol. The first kappa shape index (κ1) is 43.9. The fourth-order valence-corrected chi connectivity index (χ4v) is 9.70. The Kier molecular flexibility index (Phi) is 12.2. The molecule has 0 spiro atoms. The number of alkyl halides is 2. The van der Waals surface area contributed by atoms with Gasteiger partial charge in [0, 0.05) is 26.4 Å². The van der Waals surface area contributed by atoms with Crippen LogP contribution < -0.4 is 20.3 Å². The van der Waals surface area contributed by atoms with Crippen LogP contribution in [0.15, 0.2) is 41.2 Å². The van der Waals surface area contributed by atoms with E-state index in [0.29, 0.717) is 42.9 Å². The number of amides is 4. The van der Waals surface area contributed by atoms with E-state index in [-0.39, 0.29) is 56.1 Å². The Morgan fingerprint density at radius 2 is 1.76 bits per heavy atom. The van der Waals surface area contributed by atoms with Crippen molar-refractivity contribution in [3.8, 4) is 5.88 Å². The maximum atomic E-state index is 15.4. The van der Waals surface area contributed by atoms with Gasteiger partial charge in [-0.05, 0) is 76.3 Å². The van der Waals surface area contributed by atoms with Crippen LogP contribution in [-0.4, -0.2) is 118 Å². The van der Waals surface area contributed by atoms with Gasteiger partial charge < -0.3 is 24.8 Å². The third kappa shape index (κ3) is 8.81. The molecule has 1 saturated heterocycles. The van der Waals surface area contributed by atoms with Gasteiger partial charge in [-0.2, -0.15) is 0 Å². The summed E-state index contributed by atoms with van der Waals surface area (Å²) < 4.78 is 71.5. The number of carbonyl (C=O) groups excluding carboxylic acids is 3. The molecule has 7 atom stereocenters. The number of methoxy groups -OCH3 is 1. The average molecular weight is 849 g/mol. The first-order valence-corrected chi connectivity index (χ1v) is 21.6. The molecule has 4 aliphatic rings. The molecule has 1 aromatic heterocycles. The van der Waals surface area contributed by atoms with Crippen LogP contribution in [0.25, 0.3) is 10.8 Å². The highest BCUT2D eigenvalue weighted by Crippen LogP contribution is 2.46. The summed E-state index contributed by atoms with van der Waals surface area (Å²) in [7, 11) is -2.55. The van der Waals surface area contributed by atoms with Crippen molar-refractivity contribution in [2.24, 2.45) is 17.8 Å². The fraction of sp³-hybridized carbons (Fsp3) is 0.650. The number of rotatable bonds is 11. The Bertz CT molecular complexity index is 2170. The van der Waals surface area contributed by atoms with Gasteiger partial charge >= 0.3 is 6.09 Å². The second-order valence-electron chi connectivity index (χ2n) is 17.2. The number of halogens is 2. The van der Waals surface area contributed by atoms with Crippen LogP contribution in [0, 0.1) is 17.8 Å². The number of allylic oxidation sites excluding steroid dienone is 1.